The van der Waals surface area contributed by atoms with E-state index in [4.69, 9.17) is 4.74 Å². The van der Waals surface area contributed by atoms with Crippen molar-refractivity contribution < 1.29 is 9.53 Å². The van der Waals surface area contributed by atoms with Crippen molar-refractivity contribution in [3.8, 4) is 0 Å². The summed E-state index contributed by atoms with van der Waals surface area (Å²) in [5.41, 5.74) is 2.50. The number of hydrogen-bond donors (Lipinski definition) is 1. The second-order valence-corrected chi connectivity index (χ2v) is 6.43. The third-order valence-electron chi connectivity index (χ3n) is 4.98. The molecule has 2 atom stereocenters. The first kappa shape index (κ1) is 15.3. The molecule has 6 nitrogen and oxygen atoms in total. The highest BCUT2D eigenvalue weighted by Gasteiger charge is 2.35. The molecule has 1 aliphatic carbocycles. The average Bonchev–Trinajstić information content (AvgIpc) is 3.28. The number of aromatic nitrogens is 3. The summed E-state index contributed by atoms with van der Waals surface area (Å²) in [7, 11) is 0. The monoisotopic (exact) mass is 326 g/mol. The van der Waals surface area contributed by atoms with E-state index >= 15 is 0 Å². The first-order chi connectivity index (χ1) is 11.8. The number of morpholine rings is 1. The van der Waals surface area contributed by atoms with Crippen LogP contribution in [0.25, 0.3) is 0 Å². The van der Waals surface area contributed by atoms with Crippen molar-refractivity contribution in [2.24, 2.45) is 0 Å². The maximum Gasteiger partial charge on any atom is 0.230 e. The second-order valence-electron chi connectivity index (χ2n) is 6.43. The van der Waals surface area contributed by atoms with Gasteiger partial charge in [-0.2, -0.15) is 5.10 Å². The Morgan fingerprint density at radius 2 is 2.29 bits per heavy atom. The first-order valence-corrected chi connectivity index (χ1v) is 8.65. The zero-order valence-electron chi connectivity index (χ0n) is 13.9. The van der Waals surface area contributed by atoms with E-state index in [1.807, 2.05) is 24.0 Å². The van der Waals surface area contributed by atoms with Gasteiger partial charge in [-0.25, -0.2) is 4.98 Å². The van der Waals surface area contributed by atoms with E-state index in [2.05, 4.69) is 27.3 Å². The highest BCUT2D eigenvalue weighted by atomic mass is 16.5. The maximum atomic E-state index is 13.0. The van der Waals surface area contributed by atoms with Gasteiger partial charge in [-0.1, -0.05) is 31.2 Å². The molecule has 126 valence electrons. The van der Waals surface area contributed by atoms with E-state index in [0.29, 0.717) is 25.5 Å². The van der Waals surface area contributed by atoms with Crippen molar-refractivity contribution in [2.75, 3.05) is 19.7 Å². The largest absolute Gasteiger partial charge is 0.366 e. The first-order valence-electron chi connectivity index (χ1n) is 8.65. The summed E-state index contributed by atoms with van der Waals surface area (Å²) in [5, 5.41) is 7.16. The Morgan fingerprint density at radius 1 is 1.42 bits per heavy atom. The normalized spacial score (nSPS) is 23.3. The molecule has 0 bridgehead atoms. The fourth-order valence-corrected chi connectivity index (χ4v) is 3.65. The summed E-state index contributed by atoms with van der Waals surface area (Å²) in [4.78, 5) is 19.4. The second kappa shape index (κ2) is 6.36. The van der Waals surface area contributed by atoms with Crippen LogP contribution >= 0.6 is 0 Å². The highest BCUT2D eigenvalue weighted by molar-refractivity contribution is 5.85. The number of hydrogen-bond acceptors (Lipinski definition) is 4. The Balaban J connectivity index is 1.49. The number of aromatic amines is 1. The lowest BCUT2D eigenvalue weighted by molar-refractivity contribution is -0.140. The molecule has 1 amide bonds. The fourth-order valence-electron chi connectivity index (χ4n) is 3.65. The molecule has 1 aromatic carbocycles. The molecular formula is C18H22N4O2. The van der Waals surface area contributed by atoms with Crippen molar-refractivity contribution in [1.82, 2.24) is 20.1 Å². The standard InChI is InChI=1S/C18H22N4O2/c1-2-16-19-17(21-20-16)15-11-22(9-10-24-15)18(23)14-8-7-12-5-3-4-6-13(12)14/h3-6,14-15H,2,7-11H2,1H3,(H,19,20,21)/t14-,15+/m0/s1. The van der Waals surface area contributed by atoms with E-state index < -0.39 is 0 Å². The van der Waals surface area contributed by atoms with E-state index in [1.165, 1.54) is 11.1 Å². The lowest BCUT2D eigenvalue weighted by Gasteiger charge is -2.33. The van der Waals surface area contributed by atoms with Crippen LogP contribution in [0.1, 0.15) is 48.1 Å². The summed E-state index contributed by atoms with van der Waals surface area (Å²) >= 11 is 0. The van der Waals surface area contributed by atoms with Gasteiger partial charge in [0.2, 0.25) is 5.91 Å². The van der Waals surface area contributed by atoms with Gasteiger partial charge in [0.15, 0.2) is 5.82 Å². The van der Waals surface area contributed by atoms with Crippen LogP contribution in [0.4, 0.5) is 0 Å². The number of ether oxygens (including phenoxy) is 1. The van der Waals surface area contributed by atoms with Crippen molar-refractivity contribution in [3.05, 3.63) is 47.0 Å². The molecule has 2 aromatic rings. The Morgan fingerprint density at radius 3 is 3.12 bits per heavy atom. The predicted molar refractivity (Wildman–Crippen MR) is 88.5 cm³/mol. The number of fused-ring (bicyclic) bond motifs is 1. The van der Waals surface area contributed by atoms with Crippen LogP contribution in [-0.2, 0) is 22.4 Å². The zero-order valence-corrected chi connectivity index (χ0v) is 13.9. The summed E-state index contributed by atoms with van der Waals surface area (Å²) in [6.07, 6.45) is 2.46. The van der Waals surface area contributed by atoms with Crippen LogP contribution in [-0.4, -0.2) is 45.7 Å². The van der Waals surface area contributed by atoms with Crippen molar-refractivity contribution >= 4 is 5.91 Å². The molecule has 24 heavy (non-hydrogen) atoms. The van der Waals surface area contributed by atoms with Gasteiger partial charge in [0.1, 0.15) is 11.9 Å². The van der Waals surface area contributed by atoms with Gasteiger partial charge in [-0.05, 0) is 24.0 Å². The molecule has 2 aliphatic rings. The van der Waals surface area contributed by atoms with Gasteiger partial charge >= 0.3 is 0 Å². The molecule has 1 aliphatic heterocycles. The molecule has 1 aromatic heterocycles. The van der Waals surface area contributed by atoms with Crippen LogP contribution in [0.3, 0.4) is 0 Å². The molecule has 1 N–H and O–H groups in total. The van der Waals surface area contributed by atoms with Crippen LogP contribution in [0.15, 0.2) is 24.3 Å². The van der Waals surface area contributed by atoms with Crippen LogP contribution in [0.2, 0.25) is 0 Å². The van der Waals surface area contributed by atoms with Gasteiger partial charge in [0.05, 0.1) is 19.1 Å². The number of aryl methyl sites for hydroxylation is 2. The van der Waals surface area contributed by atoms with Gasteiger partial charge < -0.3 is 9.64 Å². The average molecular weight is 326 g/mol. The smallest absolute Gasteiger partial charge is 0.230 e. The molecule has 2 heterocycles. The predicted octanol–water partition coefficient (Wildman–Crippen LogP) is 2.00. The molecule has 0 saturated carbocycles. The summed E-state index contributed by atoms with van der Waals surface area (Å²) in [6.45, 7) is 3.72. The minimum atomic E-state index is -0.240. The SMILES string of the molecule is CCc1nc([C@H]2CN(C(=O)[C@H]3CCc4ccccc43)CCO2)n[nH]1. The summed E-state index contributed by atoms with van der Waals surface area (Å²) in [5.74, 6) is 1.69. The highest BCUT2D eigenvalue weighted by Crippen LogP contribution is 2.35. The zero-order chi connectivity index (χ0) is 16.5. The van der Waals surface area contributed by atoms with E-state index in [-0.39, 0.29) is 17.9 Å². The Bertz CT molecular complexity index is 742. The van der Waals surface area contributed by atoms with Gasteiger partial charge in [0, 0.05) is 13.0 Å². The van der Waals surface area contributed by atoms with Crippen molar-refractivity contribution in [1.29, 1.82) is 0 Å². The molecule has 1 fully saturated rings. The fraction of sp³-hybridized carbons (Fsp3) is 0.500. The molecule has 0 radical (unpaired) electrons. The lowest BCUT2D eigenvalue weighted by atomic mass is 9.99. The number of nitrogens with one attached hydrogen (secondary N) is 1. The van der Waals surface area contributed by atoms with E-state index in [1.54, 1.807) is 0 Å². The third kappa shape index (κ3) is 2.71. The van der Waals surface area contributed by atoms with E-state index in [0.717, 1.165) is 25.1 Å². The van der Waals surface area contributed by atoms with E-state index in [9.17, 15) is 4.79 Å². The number of amides is 1. The Hall–Kier alpha value is -2.21. The topological polar surface area (TPSA) is 71.1 Å². The van der Waals surface area contributed by atoms with Crippen LogP contribution in [0, 0.1) is 0 Å². The van der Waals surface area contributed by atoms with Gasteiger partial charge in [-0.15, -0.1) is 0 Å². The van der Waals surface area contributed by atoms with Gasteiger partial charge in [-0.3, -0.25) is 9.89 Å². The molecule has 0 unspecified atom stereocenters. The summed E-state index contributed by atoms with van der Waals surface area (Å²) in [6, 6.07) is 8.29. The number of carbonyl (C=O) groups excluding carboxylic acids is 1. The van der Waals surface area contributed by atoms with Crippen LogP contribution in [0.5, 0.6) is 0 Å². The number of carbonyl (C=O) groups is 1. The molecule has 1 saturated heterocycles. The molecular weight excluding hydrogens is 304 g/mol. The Labute approximate surface area is 141 Å². The maximum absolute atomic E-state index is 13.0. The van der Waals surface area contributed by atoms with Crippen molar-refractivity contribution in [2.45, 2.75) is 38.2 Å². The van der Waals surface area contributed by atoms with Crippen LogP contribution < -0.4 is 0 Å². The number of rotatable bonds is 3. The Kier molecular flexibility index (Phi) is 4.06. The summed E-state index contributed by atoms with van der Waals surface area (Å²) < 4.78 is 5.80. The quantitative estimate of drug-likeness (QED) is 0.936. The number of H-pyrrole nitrogens is 1. The molecule has 6 heteroatoms. The molecule has 4 rings (SSSR count). The number of nitrogens with zero attached hydrogens (tertiary/aromatic N) is 3. The van der Waals surface area contributed by atoms with Crippen molar-refractivity contribution in [3.63, 3.8) is 0 Å². The minimum absolute atomic E-state index is 0.0155. The number of benzene rings is 1. The molecule has 0 spiro atoms. The minimum Gasteiger partial charge on any atom is -0.366 e. The lowest BCUT2D eigenvalue weighted by Crippen LogP contribution is -2.44. The van der Waals surface area contributed by atoms with Gasteiger partial charge in [0.25, 0.3) is 0 Å². The third-order valence-corrected chi connectivity index (χ3v) is 4.98.